The Morgan fingerprint density at radius 2 is 2.17 bits per heavy atom. The van der Waals surface area contributed by atoms with Crippen LogP contribution >= 0.6 is 0 Å². The number of carbonyl (C=O) groups is 1. The SMILES string of the molecule is CCOc1ccc2[nH]c(=O)c(CN(C[C@@H]3COCCO3)C(=O)c3ccco3)cc2c1. The molecule has 1 atom stereocenters. The normalized spacial score (nSPS) is 16.5. The minimum atomic E-state index is -0.309. The number of hydrogen-bond donors (Lipinski definition) is 1. The van der Waals surface area contributed by atoms with Gasteiger partial charge < -0.3 is 28.5 Å². The predicted molar refractivity (Wildman–Crippen MR) is 110 cm³/mol. The summed E-state index contributed by atoms with van der Waals surface area (Å²) in [5, 5.41) is 0.832. The van der Waals surface area contributed by atoms with Crippen LogP contribution in [0.3, 0.4) is 0 Å². The predicted octanol–water partition coefficient (Wildman–Crippen LogP) is 2.58. The first-order valence-corrected chi connectivity index (χ1v) is 9.95. The third kappa shape index (κ3) is 4.55. The molecule has 0 saturated carbocycles. The second-order valence-corrected chi connectivity index (χ2v) is 7.04. The highest BCUT2D eigenvalue weighted by Crippen LogP contribution is 2.20. The summed E-state index contributed by atoms with van der Waals surface area (Å²) >= 11 is 0. The van der Waals surface area contributed by atoms with Crippen LogP contribution in [0.5, 0.6) is 5.75 Å². The van der Waals surface area contributed by atoms with Crippen molar-refractivity contribution in [3.63, 3.8) is 0 Å². The molecule has 0 aliphatic carbocycles. The van der Waals surface area contributed by atoms with Crippen LogP contribution in [-0.2, 0) is 16.0 Å². The number of fused-ring (bicyclic) bond motifs is 1. The molecule has 3 heterocycles. The molecule has 8 heteroatoms. The number of furan rings is 1. The van der Waals surface area contributed by atoms with Crippen molar-refractivity contribution in [2.75, 3.05) is 33.0 Å². The van der Waals surface area contributed by atoms with Gasteiger partial charge in [0, 0.05) is 23.0 Å². The smallest absolute Gasteiger partial charge is 0.289 e. The van der Waals surface area contributed by atoms with Gasteiger partial charge in [-0.25, -0.2) is 0 Å². The zero-order valence-corrected chi connectivity index (χ0v) is 16.8. The molecule has 0 bridgehead atoms. The van der Waals surface area contributed by atoms with Gasteiger partial charge in [-0.1, -0.05) is 0 Å². The molecule has 1 fully saturated rings. The Morgan fingerprint density at radius 1 is 1.27 bits per heavy atom. The van der Waals surface area contributed by atoms with Crippen LogP contribution in [0.4, 0.5) is 0 Å². The van der Waals surface area contributed by atoms with Gasteiger partial charge in [0.15, 0.2) is 5.76 Å². The molecule has 3 aromatic rings. The number of nitrogens with one attached hydrogen (secondary N) is 1. The van der Waals surface area contributed by atoms with Crippen molar-refractivity contribution >= 4 is 16.8 Å². The van der Waals surface area contributed by atoms with Gasteiger partial charge in [-0.3, -0.25) is 9.59 Å². The lowest BCUT2D eigenvalue weighted by atomic mass is 10.1. The first kappa shape index (κ1) is 20.2. The van der Waals surface area contributed by atoms with E-state index in [1.165, 1.54) is 6.26 Å². The monoisotopic (exact) mass is 412 g/mol. The van der Waals surface area contributed by atoms with Gasteiger partial charge in [-0.05, 0) is 43.3 Å². The molecule has 1 aromatic carbocycles. The van der Waals surface area contributed by atoms with Gasteiger partial charge in [0.2, 0.25) is 0 Å². The number of pyridine rings is 1. The fourth-order valence-corrected chi connectivity index (χ4v) is 3.47. The number of aromatic amines is 1. The Hall–Kier alpha value is -3.10. The highest BCUT2D eigenvalue weighted by molar-refractivity contribution is 5.91. The molecule has 1 saturated heterocycles. The molecule has 1 N–H and O–H groups in total. The van der Waals surface area contributed by atoms with Gasteiger partial charge in [-0.2, -0.15) is 0 Å². The van der Waals surface area contributed by atoms with Crippen molar-refractivity contribution in [2.45, 2.75) is 19.6 Å². The van der Waals surface area contributed by atoms with E-state index in [2.05, 4.69) is 4.98 Å². The van der Waals surface area contributed by atoms with Crippen LogP contribution in [0.25, 0.3) is 10.9 Å². The summed E-state index contributed by atoms with van der Waals surface area (Å²) < 4.78 is 22.0. The van der Waals surface area contributed by atoms with E-state index in [0.717, 1.165) is 11.1 Å². The fraction of sp³-hybridized carbons (Fsp3) is 0.364. The number of nitrogens with zero attached hydrogens (tertiary/aromatic N) is 1. The van der Waals surface area contributed by atoms with Crippen LogP contribution in [0.2, 0.25) is 0 Å². The van der Waals surface area contributed by atoms with Gasteiger partial charge in [0.25, 0.3) is 11.5 Å². The van der Waals surface area contributed by atoms with Gasteiger partial charge in [-0.15, -0.1) is 0 Å². The molecular formula is C22H24N2O6. The van der Waals surface area contributed by atoms with E-state index in [1.807, 2.05) is 25.1 Å². The highest BCUT2D eigenvalue weighted by atomic mass is 16.6. The average molecular weight is 412 g/mol. The van der Waals surface area contributed by atoms with Crippen molar-refractivity contribution < 1.29 is 23.4 Å². The molecule has 1 aliphatic rings. The molecular weight excluding hydrogens is 388 g/mol. The Morgan fingerprint density at radius 3 is 2.90 bits per heavy atom. The lowest BCUT2D eigenvalue weighted by Crippen LogP contribution is -2.43. The maximum Gasteiger partial charge on any atom is 0.289 e. The first-order chi connectivity index (χ1) is 14.6. The molecule has 2 aromatic heterocycles. The summed E-state index contributed by atoms with van der Waals surface area (Å²) in [6.07, 6.45) is 1.19. The number of H-pyrrole nitrogens is 1. The summed E-state index contributed by atoms with van der Waals surface area (Å²) in [4.78, 5) is 30.1. The number of amides is 1. The molecule has 1 aliphatic heterocycles. The zero-order chi connectivity index (χ0) is 20.9. The van der Waals surface area contributed by atoms with E-state index in [1.54, 1.807) is 23.1 Å². The zero-order valence-electron chi connectivity index (χ0n) is 16.8. The summed E-state index contributed by atoms with van der Waals surface area (Å²) in [7, 11) is 0. The van der Waals surface area contributed by atoms with Crippen molar-refractivity contribution in [3.05, 3.63) is 64.3 Å². The Bertz CT molecular complexity index is 1050. The van der Waals surface area contributed by atoms with E-state index in [-0.39, 0.29) is 36.4 Å². The number of carbonyl (C=O) groups excluding carboxylic acids is 1. The maximum atomic E-state index is 13.0. The van der Waals surface area contributed by atoms with Crippen molar-refractivity contribution in [3.8, 4) is 5.75 Å². The van der Waals surface area contributed by atoms with Crippen LogP contribution < -0.4 is 10.3 Å². The largest absolute Gasteiger partial charge is 0.494 e. The summed E-state index contributed by atoms with van der Waals surface area (Å²) in [5.41, 5.74) is 0.928. The van der Waals surface area contributed by atoms with Crippen LogP contribution in [0, 0.1) is 0 Å². The Balaban J connectivity index is 1.63. The Labute approximate surface area is 173 Å². The molecule has 4 rings (SSSR count). The third-order valence-corrected chi connectivity index (χ3v) is 4.89. The lowest BCUT2D eigenvalue weighted by molar-refractivity contribution is -0.0954. The average Bonchev–Trinajstić information content (AvgIpc) is 3.29. The lowest BCUT2D eigenvalue weighted by Gasteiger charge is -2.29. The molecule has 0 spiro atoms. The maximum absolute atomic E-state index is 13.0. The van der Waals surface area contributed by atoms with Gasteiger partial charge in [0.05, 0.1) is 45.3 Å². The van der Waals surface area contributed by atoms with Crippen LogP contribution in [0.15, 0.2) is 51.9 Å². The van der Waals surface area contributed by atoms with Crippen molar-refractivity contribution in [2.24, 2.45) is 0 Å². The quantitative estimate of drug-likeness (QED) is 0.641. The second-order valence-electron chi connectivity index (χ2n) is 7.04. The van der Waals surface area contributed by atoms with Crippen molar-refractivity contribution in [1.82, 2.24) is 9.88 Å². The van der Waals surface area contributed by atoms with Gasteiger partial charge in [0.1, 0.15) is 5.75 Å². The van der Waals surface area contributed by atoms with E-state index in [0.29, 0.717) is 37.5 Å². The minimum absolute atomic E-state index is 0.115. The number of hydrogen-bond acceptors (Lipinski definition) is 6. The topological polar surface area (TPSA) is 94.0 Å². The first-order valence-electron chi connectivity index (χ1n) is 9.95. The molecule has 0 radical (unpaired) electrons. The molecule has 0 unspecified atom stereocenters. The number of rotatable bonds is 7. The van der Waals surface area contributed by atoms with Crippen LogP contribution in [-0.4, -0.2) is 54.9 Å². The van der Waals surface area contributed by atoms with E-state index in [4.69, 9.17) is 18.6 Å². The molecule has 158 valence electrons. The van der Waals surface area contributed by atoms with E-state index >= 15 is 0 Å². The van der Waals surface area contributed by atoms with Gasteiger partial charge >= 0.3 is 0 Å². The number of ether oxygens (including phenoxy) is 3. The van der Waals surface area contributed by atoms with Crippen LogP contribution in [0.1, 0.15) is 23.0 Å². The highest BCUT2D eigenvalue weighted by Gasteiger charge is 2.25. The van der Waals surface area contributed by atoms with E-state index in [9.17, 15) is 9.59 Å². The third-order valence-electron chi connectivity index (χ3n) is 4.89. The standard InChI is InChI=1S/C22H24N2O6/c1-2-28-17-5-6-19-15(11-17)10-16(21(25)23-19)12-24(13-18-14-27-8-9-29-18)22(26)20-4-3-7-30-20/h3-7,10-11,18H,2,8-9,12-14H2,1H3,(H,23,25)/t18-/m1/s1. The molecule has 1 amide bonds. The molecule has 30 heavy (non-hydrogen) atoms. The number of benzene rings is 1. The Kier molecular flexibility index (Phi) is 6.15. The fourth-order valence-electron chi connectivity index (χ4n) is 3.47. The number of aromatic nitrogens is 1. The van der Waals surface area contributed by atoms with Crippen molar-refractivity contribution in [1.29, 1.82) is 0 Å². The summed E-state index contributed by atoms with van der Waals surface area (Å²) in [6.45, 7) is 4.28. The minimum Gasteiger partial charge on any atom is -0.494 e. The summed E-state index contributed by atoms with van der Waals surface area (Å²) in [5.74, 6) is 0.624. The molecule has 8 nitrogen and oxygen atoms in total. The van der Waals surface area contributed by atoms with E-state index < -0.39 is 0 Å². The second kappa shape index (κ2) is 9.15. The summed E-state index contributed by atoms with van der Waals surface area (Å²) in [6, 6.07) is 10.5.